The SMILES string of the molecule is O=C(C[C@@H]1CCN2C[C@@H]1/C=C/COc1ccccc1CN(C1CCC1)CC2=O)N1CC[C@@H](O)C1. The van der Waals surface area contributed by atoms with E-state index in [1.165, 1.54) is 6.42 Å². The Morgan fingerprint density at radius 2 is 1.91 bits per heavy atom. The predicted octanol–water partition coefficient (Wildman–Crippen LogP) is 2.44. The summed E-state index contributed by atoms with van der Waals surface area (Å²) < 4.78 is 6.14. The van der Waals surface area contributed by atoms with E-state index in [0.717, 1.165) is 37.1 Å². The van der Waals surface area contributed by atoms with Crippen molar-refractivity contribution in [3.05, 3.63) is 42.0 Å². The zero-order valence-electron chi connectivity index (χ0n) is 20.0. The zero-order chi connectivity index (χ0) is 23.5. The predicted molar refractivity (Wildman–Crippen MR) is 129 cm³/mol. The minimum Gasteiger partial charge on any atom is -0.489 e. The molecule has 184 valence electrons. The molecule has 0 aromatic heterocycles. The van der Waals surface area contributed by atoms with Crippen molar-refractivity contribution < 1.29 is 19.4 Å². The number of β-amino-alcohol motifs (C(OH)–C–C–N with tert-alkyl or cyclic N) is 1. The van der Waals surface area contributed by atoms with Gasteiger partial charge in [0.25, 0.3) is 0 Å². The van der Waals surface area contributed by atoms with Crippen molar-refractivity contribution in [1.82, 2.24) is 14.7 Å². The van der Waals surface area contributed by atoms with Crippen LogP contribution in [-0.4, -0.2) is 83.1 Å². The largest absolute Gasteiger partial charge is 0.489 e. The van der Waals surface area contributed by atoms with E-state index in [9.17, 15) is 14.7 Å². The summed E-state index contributed by atoms with van der Waals surface area (Å²) in [6.45, 7) is 4.08. The number of hydrogen-bond donors (Lipinski definition) is 1. The fourth-order valence-electron chi connectivity index (χ4n) is 5.75. The van der Waals surface area contributed by atoms with Gasteiger partial charge in [-0.2, -0.15) is 0 Å². The highest BCUT2D eigenvalue weighted by Gasteiger charge is 2.35. The molecule has 3 aliphatic heterocycles. The van der Waals surface area contributed by atoms with Crippen LogP contribution in [0.1, 0.15) is 44.1 Å². The van der Waals surface area contributed by atoms with Crippen LogP contribution >= 0.6 is 0 Å². The van der Waals surface area contributed by atoms with Crippen molar-refractivity contribution in [2.75, 3.05) is 39.3 Å². The number of hydrogen-bond acceptors (Lipinski definition) is 5. The molecule has 2 saturated heterocycles. The number of aliphatic hydroxyl groups excluding tert-OH is 1. The third-order valence-electron chi connectivity index (χ3n) is 8.11. The van der Waals surface area contributed by atoms with Crippen LogP contribution in [0.2, 0.25) is 0 Å². The average Bonchev–Trinajstić information content (AvgIpc) is 3.23. The van der Waals surface area contributed by atoms with Gasteiger partial charge in [0.15, 0.2) is 0 Å². The van der Waals surface area contributed by atoms with Crippen LogP contribution in [-0.2, 0) is 16.1 Å². The number of carbonyl (C=O) groups excluding carboxylic acids is 2. The number of para-hydroxylation sites is 1. The summed E-state index contributed by atoms with van der Waals surface area (Å²) in [6, 6.07) is 8.60. The molecule has 1 N–H and O–H groups in total. The lowest BCUT2D eigenvalue weighted by Crippen LogP contribution is -2.50. The molecule has 2 amide bonds. The van der Waals surface area contributed by atoms with Gasteiger partial charge in [-0.1, -0.05) is 36.8 Å². The number of nitrogens with zero attached hydrogens (tertiary/aromatic N) is 3. The Morgan fingerprint density at radius 3 is 2.68 bits per heavy atom. The monoisotopic (exact) mass is 467 g/mol. The zero-order valence-corrected chi connectivity index (χ0v) is 20.0. The number of fused-ring (bicyclic) bond motifs is 3. The summed E-state index contributed by atoms with van der Waals surface area (Å²) in [7, 11) is 0. The quantitative estimate of drug-likeness (QED) is 0.692. The van der Waals surface area contributed by atoms with Crippen LogP contribution in [0.25, 0.3) is 0 Å². The lowest BCUT2D eigenvalue weighted by molar-refractivity contribution is -0.136. The minimum atomic E-state index is -0.396. The van der Waals surface area contributed by atoms with Crippen molar-refractivity contribution in [1.29, 1.82) is 0 Å². The van der Waals surface area contributed by atoms with Crippen molar-refractivity contribution in [2.45, 2.75) is 57.2 Å². The van der Waals surface area contributed by atoms with Gasteiger partial charge in [-0.15, -0.1) is 0 Å². The Morgan fingerprint density at radius 1 is 1.06 bits per heavy atom. The molecule has 3 fully saturated rings. The number of carbonyl (C=O) groups is 2. The van der Waals surface area contributed by atoms with Gasteiger partial charge in [0.05, 0.1) is 12.6 Å². The van der Waals surface area contributed by atoms with E-state index >= 15 is 0 Å². The maximum Gasteiger partial charge on any atom is 0.236 e. The van der Waals surface area contributed by atoms with Gasteiger partial charge >= 0.3 is 0 Å². The average molecular weight is 468 g/mol. The molecule has 2 bridgehead atoms. The van der Waals surface area contributed by atoms with Crippen molar-refractivity contribution in [3.8, 4) is 5.75 Å². The van der Waals surface area contributed by atoms with Crippen molar-refractivity contribution >= 4 is 11.8 Å². The summed E-state index contributed by atoms with van der Waals surface area (Å²) in [4.78, 5) is 32.4. The molecule has 7 heteroatoms. The Labute approximate surface area is 202 Å². The second-order valence-electron chi connectivity index (χ2n) is 10.4. The second kappa shape index (κ2) is 10.5. The third-order valence-corrected chi connectivity index (χ3v) is 8.11. The number of ether oxygens (including phenoxy) is 1. The van der Waals surface area contributed by atoms with Crippen LogP contribution in [0.15, 0.2) is 36.4 Å². The van der Waals surface area contributed by atoms with Crippen molar-refractivity contribution in [3.63, 3.8) is 0 Å². The fourth-order valence-corrected chi connectivity index (χ4v) is 5.75. The van der Waals surface area contributed by atoms with E-state index in [-0.39, 0.29) is 23.7 Å². The highest BCUT2D eigenvalue weighted by atomic mass is 16.5. The number of amides is 2. The van der Waals surface area contributed by atoms with E-state index in [2.05, 4.69) is 17.0 Å². The molecule has 0 unspecified atom stereocenters. The Hall–Kier alpha value is -2.38. The number of aliphatic hydroxyl groups is 1. The summed E-state index contributed by atoms with van der Waals surface area (Å²) in [5.74, 6) is 1.52. The molecule has 5 rings (SSSR count). The molecule has 3 heterocycles. The molecule has 7 nitrogen and oxygen atoms in total. The van der Waals surface area contributed by atoms with Gasteiger partial charge in [-0.05, 0) is 43.6 Å². The van der Waals surface area contributed by atoms with E-state index < -0.39 is 6.10 Å². The Bertz CT molecular complexity index is 915. The summed E-state index contributed by atoms with van der Waals surface area (Å²) in [6.07, 6.45) is 9.30. The number of rotatable bonds is 3. The number of likely N-dealkylation sites (tertiary alicyclic amines) is 1. The fraction of sp³-hybridized carbons (Fsp3) is 0.630. The number of benzene rings is 1. The van der Waals surface area contributed by atoms with Crippen LogP contribution < -0.4 is 4.74 Å². The van der Waals surface area contributed by atoms with Gasteiger partial charge in [0.1, 0.15) is 12.4 Å². The van der Waals surface area contributed by atoms with Gasteiger partial charge in [-0.25, -0.2) is 0 Å². The van der Waals surface area contributed by atoms with Crippen LogP contribution in [0.3, 0.4) is 0 Å². The second-order valence-corrected chi connectivity index (χ2v) is 10.4. The van der Waals surface area contributed by atoms with Crippen LogP contribution in [0.4, 0.5) is 0 Å². The van der Waals surface area contributed by atoms with E-state index in [4.69, 9.17) is 4.74 Å². The highest BCUT2D eigenvalue weighted by Crippen LogP contribution is 2.32. The molecule has 1 aromatic carbocycles. The molecule has 0 spiro atoms. The first-order valence-electron chi connectivity index (χ1n) is 12.9. The maximum atomic E-state index is 13.4. The smallest absolute Gasteiger partial charge is 0.236 e. The molecule has 4 aliphatic rings. The van der Waals surface area contributed by atoms with Crippen LogP contribution in [0.5, 0.6) is 5.75 Å². The summed E-state index contributed by atoms with van der Waals surface area (Å²) in [5, 5.41) is 9.81. The highest BCUT2D eigenvalue weighted by molar-refractivity contribution is 5.79. The third kappa shape index (κ3) is 5.31. The number of piperidine rings is 1. The summed E-state index contributed by atoms with van der Waals surface area (Å²) in [5.41, 5.74) is 1.13. The maximum absolute atomic E-state index is 13.4. The van der Waals surface area contributed by atoms with E-state index in [1.54, 1.807) is 4.90 Å². The lowest BCUT2D eigenvalue weighted by Gasteiger charge is -2.41. The lowest BCUT2D eigenvalue weighted by atomic mass is 9.82. The Balaban J connectivity index is 1.33. The first kappa shape index (κ1) is 23.4. The molecule has 1 aliphatic carbocycles. The molecule has 0 radical (unpaired) electrons. The van der Waals surface area contributed by atoms with Crippen LogP contribution in [0, 0.1) is 11.8 Å². The van der Waals surface area contributed by atoms with E-state index in [0.29, 0.717) is 58.2 Å². The molecular weight excluding hydrogens is 430 g/mol. The molecule has 1 saturated carbocycles. The normalized spacial score (nSPS) is 29.8. The van der Waals surface area contributed by atoms with Crippen molar-refractivity contribution in [2.24, 2.45) is 11.8 Å². The minimum absolute atomic E-state index is 0.124. The molecule has 3 atom stereocenters. The molecule has 34 heavy (non-hydrogen) atoms. The van der Waals surface area contributed by atoms with Gasteiger partial charge < -0.3 is 19.6 Å². The first-order valence-corrected chi connectivity index (χ1v) is 12.9. The molecular formula is C27H37N3O4. The standard InChI is InChI=1S/C27H37N3O4/c31-24-11-13-29(18-24)26(32)15-20-10-12-28-16-21(20)6-4-14-34-25-9-2-1-5-22(25)17-30(19-27(28)33)23-7-3-8-23/h1-2,4-6,9,20-21,23-24,31H,3,7-8,10-19H2/b6-4+/t20-,21-,24+/m0/s1. The van der Waals surface area contributed by atoms with Gasteiger partial charge in [0.2, 0.25) is 11.8 Å². The van der Waals surface area contributed by atoms with E-state index in [1.807, 2.05) is 29.2 Å². The summed E-state index contributed by atoms with van der Waals surface area (Å²) >= 11 is 0. The Kier molecular flexibility index (Phi) is 7.21. The van der Waals surface area contributed by atoms with Gasteiger partial charge in [0, 0.05) is 50.7 Å². The molecule has 1 aromatic rings. The topological polar surface area (TPSA) is 73.3 Å². The van der Waals surface area contributed by atoms with Gasteiger partial charge in [-0.3, -0.25) is 14.5 Å². The first-order chi connectivity index (χ1) is 16.6.